The van der Waals surface area contributed by atoms with Crippen molar-refractivity contribution in [2.24, 2.45) is 0 Å². The van der Waals surface area contributed by atoms with Gasteiger partial charge in [0, 0.05) is 24.0 Å². The zero-order valence-corrected chi connectivity index (χ0v) is 13.3. The lowest BCUT2D eigenvalue weighted by Crippen LogP contribution is -2.34. The molecule has 0 bridgehead atoms. The summed E-state index contributed by atoms with van der Waals surface area (Å²) in [5.74, 6) is -0.0260. The summed E-state index contributed by atoms with van der Waals surface area (Å²) in [7, 11) is 0. The number of carbonyl (C=O) groups excluding carboxylic acids is 1. The number of pyridine rings is 1. The van der Waals surface area contributed by atoms with Gasteiger partial charge in [0.1, 0.15) is 5.69 Å². The van der Waals surface area contributed by atoms with Crippen LogP contribution in [0.4, 0.5) is 5.69 Å². The van der Waals surface area contributed by atoms with Crippen molar-refractivity contribution in [3.63, 3.8) is 0 Å². The van der Waals surface area contributed by atoms with Crippen molar-refractivity contribution in [3.8, 4) is 0 Å². The fourth-order valence-electron chi connectivity index (χ4n) is 3.63. The molecule has 0 radical (unpaired) electrons. The minimum absolute atomic E-state index is 0.0260. The summed E-state index contributed by atoms with van der Waals surface area (Å²) in [6.07, 6.45) is 14.0. The first kappa shape index (κ1) is 15.3. The first-order valence-electron chi connectivity index (χ1n) is 8.85. The van der Waals surface area contributed by atoms with E-state index in [-0.39, 0.29) is 5.91 Å². The molecule has 0 aromatic carbocycles. The quantitative estimate of drug-likeness (QED) is 0.830. The monoisotopic (exact) mass is 301 g/mol. The summed E-state index contributed by atoms with van der Waals surface area (Å²) in [6.45, 7) is 0. The summed E-state index contributed by atoms with van der Waals surface area (Å²) in [6, 6.07) is 4.73. The zero-order chi connectivity index (χ0) is 15.2. The van der Waals surface area contributed by atoms with Crippen LogP contribution in [0.3, 0.4) is 0 Å². The fraction of sp³-hybridized carbons (Fsp3) is 0.667. The molecular formula is C18H27N3O. The van der Waals surface area contributed by atoms with Gasteiger partial charge < -0.3 is 10.6 Å². The molecular weight excluding hydrogens is 274 g/mol. The van der Waals surface area contributed by atoms with Crippen molar-refractivity contribution in [3.05, 3.63) is 24.0 Å². The summed E-state index contributed by atoms with van der Waals surface area (Å²) in [5.41, 5.74) is 1.56. The van der Waals surface area contributed by atoms with Gasteiger partial charge in [-0.2, -0.15) is 0 Å². The predicted molar refractivity (Wildman–Crippen MR) is 89.1 cm³/mol. The Morgan fingerprint density at radius 2 is 1.59 bits per heavy atom. The standard InChI is InChI=1S/C18H27N3O/c22-18(21-15-7-3-1-2-4-8-15)17-13-16(11-12-19-17)20-14-9-5-6-10-14/h11-15H,1-10H2,(H,19,20)(H,21,22). The van der Waals surface area contributed by atoms with Gasteiger partial charge in [-0.1, -0.05) is 38.5 Å². The first-order chi connectivity index (χ1) is 10.8. The Labute approximate surface area is 133 Å². The second-order valence-corrected chi connectivity index (χ2v) is 6.72. The number of nitrogens with zero attached hydrogens (tertiary/aromatic N) is 1. The molecule has 4 heteroatoms. The molecule has 120 valence electrons. The molecule has 1 heterocycles. The minimum atomic E-state index is -0.0260. The van der Waals surface area contributed by atoms with Gasteiger partial charge in [-0.15, -0.1) is 0 Å². The maximum Gasteiger partial charge on any atom is 0.270 e. The van der Waals surface area contributed by atoms with Crippen LogP contribution in [0.15, 0.2) is 18.3 Å². The van der Waals surface area contributed by atoms with Crippen LogP contribution in [0.1, 0.15) is 74.7 Å². The first-order valence-corrected chi connectivity index (χ1v) is 8.85. The van der Waals surface area contributed by atoms with Crippen LogP contribution in [-0.4, -0.2) is 23.0 Å². The lowest BCUT2D eigenvalue weighted by atomic mass is 10.1. The van der Waals surface area contributed by atoms with Gasteiger partial charge in [-0.25, -0.2) is 0 Å². The normalized spacial score (nSPS) is 20.5. The fourth-order valence-corrected chi connectivity index (χ4v) is 3.63. The van der Waals surface area contributed by atoms with Crippen LogP contribution in [0.2, 0.25) is 0 Å². The van der Waals surface area contributed by atoms with Gasteiger partial charge in [0.05, 0.1) is 0 Å². The number of nitrogens with one attached hydrogen (secondary N) is 2. The van der Waals surface area contributed by atoms with Gasteiger partial charge in [-0.3, -0.25) is 9.78 Å². The molecule has 3 rings (SSSR count). The molecule has 0 saturated heterocycles. The SMILES string of the molecule is O=C(NC1CCCCCC1)c1cc(NC2CCCC2)ccn1. The van der Waals surface area contributed by atoms with Gasteiger partial charge in [-0.05, 0) is 37.8 Å². The van der Waals surface area contributed by atoms with Crippen LogP contribution in [0.5, 0.6) is 0 Å². The molecule has 1 amide bonds. The largest absolute Gasteiger partial charge is 0.382 e. The van der Waals surface area contributed by atoms with Gasteiger partial charge in [0.15, 0.2) is 0 Å². The molecule has 2 saturated carbocycles. The minimum Gasteiger partial charge on any atom is -0.382 e. The Morgan fingerprint density at radius 3 is 2.32 bits per heavy atom. The van der Waals surface area contributed by atoms with E-state index in [1.165, 1.54) is 51.4 Å². The predicted octanol–water partition coefficient (Wildman–Crippen LogP) is 3.89. The van der Waals surface area contributed by atoms with E-state index in [0.29, 0.717) is 17.8 Å². The second kappa shape index (κ2) is 7.61. The summed E-state index contributed by atoms with van der Waals surface area (Å²) in [4.78, 5) is 16.7. The lowest BCUT2D eigenvalue weighted by Gasteiger charge is -2.17. The van der Waals surface area contributed by atoms with Crippen molar-refractivity contribution in [2.75, 3.05) is 5.32 Å². The number of carbonyl (C=O) groups is 1. The van der Waals surface area contributed by atoms with Crippen molar-refractivity contribution < 1.29 is 4.79 Å². The molecule has 0 aliphatic heterocycles. The Morgan fingerprint density at radius 1 is 0.955 bits per heavy atom. The van der Waals surface area contributed by atoms with Crippen molar-refractivity contribution in [1.82, 2.24) is 10.3 Å². The number of rotatable bonds is 4. The van der Waals surface area contributed by atoms with Crippen LogP contribution < -0.4 is 10.6 Å². The maximum atomic E-state index is 12.4. The highest BCUT2D eigenvalue weighted by atomic mass is 16.1. The third kappa shape index (κ3) is 4.21. The second-order valence-electron chi connectivity index (χ2n) is 6.72. The number of amides is 1. The van der Waals surface area contributed by atoms with E-state index in [4.69, 9.17) is 0 Å². The van der Waals surface area contributed by atoms with Gasteiger partial charge in [0.2, 0.25) is 0 Å². The van der Waals surface area contributed by atoms with Crippen molar-refractivity contribution in [2.45, 2.75) is 76.3 Å². The van der Waals surface area contributed by atoms with E-state index in [1.807, 2.05) is 12.1 Å². The van der Waals surface area contributed by atoms with E-state index >= 15 is 0 Å². The maximum absolute atomic E-state index is 12.4. The Hall–Kier alpha value is -1.58. The topological polar surface area (TPSA) is 54.0 Å². The summed E-state index contributed by atoms with van der Waals surface area (Å²) in [5, 5.41) is 6.70. The molecule has 22 heavy (non-hydrogen) atoms. The molecule has 2 fully saturated rings. The number of anilines is 1. The Kier molecular flexibility index (Phi) is 5.30. The van der Waals surface area contributed by atoms with Gasteiger partial charge in [0.25, 0.3) is 5.91 Å². The molecule has 4 nitrogen and oxygen atoms in total. The molecule has 0 unspecified atom stereocenters. The summed E-state index contributed by atoms with van der Waals surface area (Å²) < 4.78 is 0. The smallest absolute Gasteiger partial charge is 0.270 e. The van der Waals surface area contributed by atoms with E-state index in [9.17, 15) is 4.79 Å². The zero-order valence-electron chi connectivity index (χ0n) is 13.3. The van der Waals surface area contributed by atoms with Crippen molar-refractivity contribution in [1.29, 1.82) is 0 Å². The molecule has 2 aliphatic rings. The van der Waals surface area contributed by atoms with Crippen LogP contribution in [0.25, 0.3) is 0 Å². The lowest BCUT2D eigenvalue weighted by molar-refractivity contribution is 0.0928. The average molecular weight is 301 g/mol. The molecule has 1 aromatic heterocycles. The molecule has 0 spiro atoms. The molecule has 0 atom stereocenters. The average Bonchev–Trinajstić information content (AvgIpc) is 2.90. The van der Waals surface area contributed by atoms with E-state index in [1.54, 1.807) is 6.20 Å². The van der Waals surface area contributed by atoms with Crippen molar-refractivity contribution >= 4 is 11.6 Å². The van der Waals surface area contributed by atoms with E-state index < -0.39 is 0 Å². The van der Waals surface area contributed by atoms with E-state index in [2.05, 4.69) is 15.6 Å². The highest BCUT2D eigenvalue weighted by Crippen LogP contribution is 2.22. The number of hydrogen-bond acceptors (Lipinski definition) is 3. The highest BCUT2D eigenvalue weighted by Gasteiger charge is 2.18. The van der Waals surface area contributed by atoms with Gasteiger partial charge >= 0.3 is 0 Å². The number of aromatic nitrogens is 1. The Bertz CT molecular complexity index is 489. The Balaban J connectivity index is 1.59. The van der Waals surface area contributed by atoms with Crippen LogP contribution in [0, 0.1) is 0 Å². The van der Waals surface area contributed by atoms with E-state index in [0.717, 1.165) is 18.5 Å². The third-order valence-electron chi connectivity index (χ3n) is 4.91. The van der Waals surface area contributed by atoms with Crippen LogP contribution >= 0.6 is 0 Å². The molecule has 1 aromatic rings. The molecule has 2 aliphatic carbocycles. The number of hydrogen-bond donors (Lipinski definition) is 2. The molecule has 2 N–H and O–H groups in total. The summed E-state index contributed by atoms with van der Waals surface area (Å²) >= 11 is 0. The van der Waals surface area contributed by atoms with Crippen LogP contribution in [-0.2, 0) is 0 Å². The third-order valence-corrected chi connectivity index (χ3v) is 4.91. The highest BCUT2D eigenvalue weighted by molar-refractivity contribution is 5.93.